The van der Waals surface area contributed by atoms with Crippen LogP contribution in [-0.4, -0.2) is 49.7 Å². The number of nitrogens with zero attached hydrogens (tertiary/aromatic N) is 2. The molecule has 154 valence electrons. The lowest BCUT2D eigenvalue weighted by molar-refractivity contribution is -0.401. The minimum Gasteiger partial charge on any atom is -0.739 e. The molecule has 2 aromatic rings. The molecule has 0 saturated carbocycles. The maximum Gasteiger partial charge on any atom is 0.209 e. The van der Waals surface area contributed by atoms with Gasteiger partial charge in [0.05, 0.1) is 5.41 Å². The number of benzene rings is 2. The smallest absolute Gasteiger partial charge is 0.209 e. The van der Waals surface area contributed by atoms with Gasteiger partial charge in [0.15, 0.2) is 5.71 Å². The number of hydrogen-bond acceptors (Lipinski definition) is 5. The van der Waals surface area contributed by atoms with E-state index in [0.717, 1.165) is 11.3 Å². The Hall–Kier alpha value is -2.09. The first-order valence-corrected chi connectivity index (χ1v) is 12.3. The van der Waals surface area contributed by atoms with Gasteiger partial charge in [0, 0.05) is 42.7 Å². The van der Waals surface area contributed by atoms with E-state index in [1.54, 1.807) is 0 Å². The van der Waals surface area contributed by atoms with Crippen molar-refractivity contribution in [3.8, 4) is 0 Å². The molecule has 2 aromatic carbocycles. The molecule has 1 aliphatic rings. The van der Waals surface area contributed by atoms with E-state index in [1.165, 1.54) is 17.0 Å². The van der Waals surface area contributed by atoms with E-state index >= 15 is 0 Å². The predicted molar refractivity (Wildman–Crippen MR) is 121 cm³/mol. The van der Waals surface area contributed by atoms with Crippen LogP contribution in [0.5, 0.6) is 0 Å². The Kier molecular flexibility index (Phi) is 6.22. The minimum atomic E-state index is -4.23. The quantitative estimate of drug-likeness (QED) is 0.377. The molecular formula is C22H26N2O3S2. The summed E-state index contributed by atoms with van der Waals surface area (Å²) in [6.07, 6.45) is 4.29. The monoisotopic (exact) mass is 430 g/mol. The summed E-state index contributed by atoms with van der Waals surface area (Å²) in [5.41, 5.74) is 5.83. The second-order valence-corrected chi connectivity index (χ2v) is 11.1. The summed E-state index contributed by atoms with van der Waals surface area (Å²) in [5, 5.41) is 0. The summed E-state index contributed by atoms with van der Waals surface area (Å²) >= 11 is 0. The Labute approximate surface area is 176 Å². The van der Waals surface area contributed by atoms with E-state index in [2.05, 4.69) is 61.9 Å². The van der Waals surface area contributed by atoms with Crippen LogP contribution in [0.15, 0.2) is 54.6 Å². The Morgan fingerprint density at radius 3 is 2.38 bits per heavy atom. The number of anilines is 1. The first-order valence-electron chi connectivity index (χ1n) is 9.40. The second-order valence-electron chi connectivity index (χ2n) is 7.66. The molecule has 0 atom stereocenters. The van der Waals surface area contributed by atoms with E-state index in [-0.39, 0.29) is 11.2 Å². The number of hydrogen-bond donors (Lipinski definition) is 0. The first-order chi connectivity index (χ1) is 13.6. The maximum atomic E-state index is 10.7. The average Bonchev–Trinajstić information content (AvgIpc) is 2.86. The molecule has 0 aromatic heterocycles. The zero-order valence-electron chi connectivity index (χ0n) is 17.1. The first kappa shape index (κ1) is 21.6. The third-order valence-corrected chi connectivity index (χ3v) is 7.37. The largest absolute Gasteiger partial charge is 0.739 e. The molecule has 0 fully saturated rings. The Morgan fingerprint density at radius 1 is 1.10 bits per heavy atom. The highest BCUT2D eigenvalue weighted by molar-refractivity contribution is 8.69. The average molecular weight is 431 g/mol. The van der Waals surface area contributed by atoms with Gasteiger partial charge in [-0.2, -0.15) is 4.58 Å². The van der Waals surface area contributed by atoms with Crippen molar-refractivity contribution in [2.24, 2.45) is 0 Å². The lowest BCUT2D eigenvalue weighted by atomic mass is 9.81. The molecule has 0 saturated heterocycles. The SMILES string of the molecule is CN(CCSS(=O)(=O)[O-])c1ccc(/C=C/C2=[N+](C)c3ccccc3C2(C)C)cc1. The van der Waals surface area contributed by atoms with Crippen LogP contribution in [0.4, 0.5) is 11.4 Å². The third-order valence-electron chi connectivity index (χ3n) is 5.36. The molecule has 0 amide bonds. The van der Waals surface area contributed by atoms with E-state index in [1.807, 2.05) is 36.2 Å². The van der Waals surface area contributed by atoms with Gasteiger partial charge in [0.2, 0.25) is 5.69 Å². The summed E-state index contributed by atoms with van der Waals surface area (Å²) in [7, 11) is 0.183. The van der Waals surface area contributed by atoms with Crippen molar-refractivity contribution in [1.82, 2.24) is 0 Å². The van der Waals surface area contributed by atoms with Crippen LogP contribution in [0.2, 0.25) is 0 Å². The Morgan fingerprint density at radius 2 is 1.76 bits per heavy atom. The van der Waals surface area contributed by atoms with Gasteiger partial charge >= 0.3 is 0 Å². The van der Waals surface area contributed by atoms with Crippen molar-refractivity contribution in [2.75, 3.05) is 31.3 Å². The fraction of sp³-hybridized carbons (Fsp3) is 0.318. The maximum absolute atomic E-state index is 10.7. The molecule has 29 heavy (non-hydrogen) atoms. The summed E-state index contributed by atoms with van der Waals surface area (Å²) in [5.74, 6) is 0.240. The molecular weight excluding hydrogens is 404 g/mol. The van der Waals surface area contributed by atoms with Gasteiger partial charge in [-0.05, 0) is 48.4 Å². The minimum absolute atomic E-state index is 0.0540. The molecule has 0 radical (unpaired) electrons. The van der Waals surface area contributed by atoms with E-state index < -0.39 is 9.15 Å². The highest BCUT2D eigenvalue weighted by Gasteiger charge is 2.42. The van der Waals surface area contributed by atoms with Crippen molar-refractivity contribution < 1.29 is 17.5 Å². The molecule has 0 bridgehead atoms. The van der Waals surface area contributed by atoms with Crippen LogP contribution in [0.25, 0.3) is 6.08 Å². The lowest BCUT2D eigenvalue weighted by Crippen LogP contribution is -2.26. The van der Waals surface area contributed by atoms with Crippen LogP contribution in [0.3, 0.4) is 0 Å². The molecule has 7 heteroatoms. The molecule has 5 nitrogen and oxygen atoms in total. The summed E-state index contributed by atoms with van der Waals surface area (Å²) in [4.78, 5) is 1.94. The van der Waals surface area contributed by atoms with Gasteiger partial charge in [-0.3, -0.25) is 0 Å². The normalized spacial score (nSPS) is 15.8. The van der Waals surface area contributed by atoms with Gasteiger partial charge < -0.3 is 9.45 Å². The summed E-state index contributed by atoms with van der Waals surface area (Å²) in [6.45, 7) is 4.97. The fourth-order valence-corrected chi connectivity index (χ4v) is 5.11. The van der Waals surface area contributed by atoms with Crippen molar-refractivity contribution in [1.29, 1.82) is 0 Å². The standard InChI is InChI=1S/C22H26N2O3S2/c1-22(2)19-7-5-6-8-20(19)24(4)21(22)14-11-17-9-12-18(13-10-17)23(3)15-16-28-29(25,26)27/h5-14H,15-16H2,1-4H3. The number of fused-ring (bicyclic) bond motifs is 1. The van der Waals surface area contributed by atoms with E-state index in [4.69, 9.17) is 0 Å². The molecule has 3 rings (SSSR count). The van der Waals surface area contributed by atoms with Crippen LogP contribution in [-0.2, 0) is 14.6 Å². The zero-order chi connectivity index (χ0) is 21.2. The number of para-hydroxylation sites is 1. The van der Waals surface area contributed by atoms with Gasteiger partial charge in [-0.15, -0.1) is 0 Å². The van der Waals surface area contributed by atoms with Crippen LogP contribution in [0, 0.1) is 0 Å². The fourth-order valence-electron chi connectivity index (χ4n) is 3.72. The predicted octanol–water partition coefficient (Wildman–Crippen LogP) is 4.04. The Bertz CT molecular complexity index is 1060. The van der Waals surface area contributed by atoms with Crippen LogP contribution in [0.1, 0.15) is 25.0 Å². The number of rotatable bonds is 7. The molecule has 0 aliphatic carbocycles. The van der Waals surface area contributed by atoms with Crippen molar-refractivity contribution >= 4 is 43.1 Å². The van der Waals surface area contributed by atoms with Gasteiger partial charge in [0.1, 0.15) is 16.2 Å². The molecule has 0 spiro atoms. The molecule has 1 heterocycles. The van der Waals surface area contributed by atoms with Crippen molar-refractivity contribution in [2.45, 2.75) is 19.3 Å². The second kappa shape index (κ2) is 8.34. The molecule has 1 aliphatic heterocycles. The summed E-state index contributed by atoms with van der Waals surface area (Å²) < 4.78 is 34.3. The third kappa shape index (κ3) is 4.91. The zero-order valence-corrected chi connectivity index (χ0v) is 18.8. The molecule has 0 unspecified atom stereocenters. The number of allylic oxidation sites excluding steroid dienone is 1. The van der Waals surface area contributed by atoms with Crippen LogP contribution >= 0.6 is 10.8 Å². The van der Waals surface area contributed by atoms with Crippen molar-refractivity contribution in [3.05, 3.63) is 65.7 Å². The van der Waals surface area contributed by atoms with E-state index in [9.17, 15) is 13.0 Å². The summed E-state index contributed by atoms with van der Waals surface area (Å²) in [6, 6.07) is 16.6. The van der Waals surface area contributed by atoms with E-state index in [0.29, 0.717) is 17.3 Å². The lowest BCUT2D eigenvalue weighted by Gasteiger charge is -2.19. The van der Waals surface area contributed by atoms with Gasteiger partial charge in [-0.25, -0.2) is 8.42 Å². The van der Waals surface area contributed by atoms with Gasteiger partial charge in [0.25, 0.3) is 0 Å². The molecule has 0 N–H and O–H groups in total. The highest BCUT2D eigenvalue weighted by Crippen LogP contribution is 2.39. The van der Waals surface area contributed by atoms with Crippen molar-refractivity contribution in [3.63, 3.8) is 0 Å². The van der Waals surface area contributed by atoms with Crippen LogP contribution < -0.4 is 4.90 Å². The van der Waals surface area contributed by atoms with Gasteiger partial charge in [-0.1, -0.05) is 30.3 Å². The highest BCUT2D eigenvalue weighted by atomic mass is 33.1. The topological polar surface area (TPSA) is 63.4 Å². The Balaban J connectivity index is 1.70.